The van der Waals surface area contributed by atoms with Crippen LogP contribution in [0.5, 0.6) is 0 Å². The van der Waals surface area contributed by atoms with Crippen LogP contribution in [0.4, 0.5) is 10.3 Å². The fourth-order valence-corrected chi connectivity index (χ4v) is 5.45. The molecular formula is C27H26ClFN6O. The van der Waals surface area contributed by atoms with Gasteiger partial charge in [-0.3, -0.25) is 4.79 Å². The van der Waals surface area contributed by atoms with E-state index >= 15 is 4.39 Å². The lowest BCUT2D eigenvalue weighted by molar-refractivity contribution is -0.125. The standard InChI is InChI=1S/C27H26ClFN6O/c1-34(2)16-11-35(12-16)26-32-23-19(24(33-26)27(25(30)36)13-31-14-27)10-20(28)21(22(23)29)18-9-5-7-15-6-3-4-8-17(15)18/h3-10,16,31H,11-14H2,1-2H3,(H2,30,36). The first-order valence-electron chi connectivity index (χ1n) is 11.9. The summed E-state index contributed by atoms with van der Waals surface area (Å²) in [6, 6.07) is 15.6. The summed E-state index contributed by atoms with van der Waals surface area (Å²) in [6.07, 6.45) is 0. The summed E-state index contributed by atoms with van der Waals surface area (Å²) in [6.45, 7) is 2.09. The molecule has 3 heterocycles. The van der Waals surface area contributed by atoms with E-state index in [2.05, 4.69) is 15.2 Å². The molecule has 0 spiro atoms. The number of fused-ring (bicyclic) bond motifs is 2. The van der Waals surface area contributed by atoms with E-state index in [1.54, 1.807) is 6.07 Å². The molecule has 0 bridgehead atoms. The first-order chi connectivity index (χ1) is 17.3. The largest absolute Gasteiger partial charge is 0.369 e. The summed E-state index contributed by atoms with van der Waals surface area (Å²) in [5, 5.41) is 5.65. The second kappa shape index (κ2) is 8.37. The van der Waals surface area contributed by atoms with Crippen LogP contribution in [0.3, 0.4) is 0 Å². The number of amides is 1. The number of hydrogen-bond donors (Lipinski definition) is 2. The van der Waals surface area contributed by atoms with Crippen LogP contribution in [0.25, 0.3) is 32.8 Å². The number of benzene rings is 3. The number of likely N-dealkylation sites (N-methyl/N-ethyl adjacent to an activating group) is 1. The molecule has 2 aliphatic rings. The number of anilines is 1. The zero-order valence-corrected chi connectivity index (χ0v) is 20.8. The molecule has 2 aliphatic heterocycles. The molecule has 9 heteroatoms. The maximum absolute atomic E-state index is 16.5. The molecule has 2 saturated heterocycles. The van der Waals surface area contributed by atoms with Crippen LogP contribution in [0.2, 0.25) is 5.02 Å². The van der Waals surface area contributed by atoms with Gasteiger partial charge in [-0.2, -0.15) is 0 Å². The lowest BCUT2D eigenvalue weighted by Crippen LogP contribution is -2.64. The van der Waals surface area contributed by atoms with Crippen LogP contribution in [-0.4, -0.2) is 67.1 Å². The molecule has 0 aliphatic carbocycles. The van der Waals surface area contributed by atoms with Crippen molar-refractivity contribution in [3.63, 3.8) is 0 Å². The highest BCUT2D eigenvalue weighted by atomic mass is 35.5. The molecule has 184 valence electrons. The van der Waals surface area contributed by atoms with Gasteiger partial charge >= 0.3 is 0 Å². The van der Waals surface area contributed by atoms with Gasteiger partial charge in [0.05, 0.1) is 10.7 Å². The summed E-state index contributed by atoms with van der Waals surface area (Å²) in [4.78, 5) is 26.2. The van der Waals surface area contributed by atoms with E-state index in [-0.39, 0.29) is 16.1 Å². The Labute approximate surface area is 213 Å². The third-order valence-electron chi connectivity index (χ3n) is 7.58. The topological polar surface area (TPSA) is 87.4 Å². The van der Waals surface area contributed by atoms with Crippen molar-refractivity contribution in [3.8, 4) is 11.1 Å². The van der Waals surface area contributed by atoms with E-state index in [0.717, 1.165) is 10.8 Å². The van der Waals surface area contributed by atoms with Crippen molar-refractivity contribution in [2.75, 3.05) is 45.2 Å². The Morgan fingerprint density at radius 3 is 2.53 bits per heavy atom. The average molecular weight is 505 g/mol. The fraction of sp³-hybridized carbons (Fsp3) is 0.296. The number of nitrogens with two attached hydrogens (primary N) is 1. The van der Waals surface area contributed by atoms with Gasteiger partial charge in [-0.05, 0) is 36.5 Å². The van der Waals surface area contributed by atoms with Crippen LogP contribution in [-0.2, 0) is 10.2 Å². The minimum atomic E-state index is -1.04. The summed E-state index contributed by atoms with van der Waals surface area (Å²) in [5.74, 6) is -0.639. The van der Waals surface area contributed by atoms with Crippen LogP contribution in [0.1, 0.15) is 5.69 Å². The van der Waals surface area contributed by atoms with Gasteiger partial charge in [-0.1, -0.05) is 54.1 Å². The Morgan fingerprint density at radius 1 is 1.14 bits per heavy atom. The van der Waals surface area contributed by atoms with E-state index < -0.39 is 17.1 Å². The quantitative estimate of drug-likeness (QED) is 0.433. The molecule has 4 aromatic rings. The monoisotopic (exact) mass is 504 g/mol. The molecule has 0 unspecified atom stereocenters. The van der Waals surface area contributed by atoms with Crippen LogP contribution < -0.4 is 16.0 Å². The second-order valence-corrected chi connectivity index (χ2v) is 10.3. The number of rotatable bonds is 5. The molecule has 36 heavy (non-hydrogen) atoms. The van der Waals surface area contributed by atoms with E-state index in [1.807, 2.05) is 61.5 Å². The number of hydrogen-bond acceptors (Lipinski definition) is 6. The molecule has 0 radical (unpaired) electrons. The lowest BCUT2D eigenvalue weighted by Gasteiger charge is -2.44. The van der Waals surface area contributed by atoms with Gasteiger partial charge in [0.15, 0.2) is 5.82 Å². The Morgan fingerprint density at radius 2 is 1.86 bits per heavy atom. The summed E-state index contributed by atoms with van der Waals surface area (Å²) in [5.41, 5.74) is 6.35. The van der Waals surface area contributed by atoms with Crippen molar-refractivity contribution in [1.82, 2.24) is 20.2 Å². The van der Waals surface area contributed by atoms with Gasteiger partial charge in [0.25, 0.3) is 0 Å². The summed E-state index contributed by atoms with van der Waals surface area (Å²) < 4.78 is 16.5. The Bertz CT molecular complexity index is 1530. The molecule has 2 fully saturated rings. The maximum atomic E-state index is 16.5. The van der Waals surface area contributed by atoms with Crippen LogP contribution >= 0.6 is 11.6 Å². The number of carbonyl (C=O) groups is 1. The predicted molar refractivity (Wildman–Crippen MR) is 141 cm³/mol. The van der Waals surface area contributed by atoms with Crippen molar-refractivity contribution >= 4 is 45.1 Å². The van der Waals surface area contributed by atoms with Crippen molar-refractivity contribution in [2.24, 2.45) is 5.73 Å². The molecule has 0 atom stereocenters. The van der Waals surface area contributed by atoms with Gasteiger partial charge in [-0.25, -0.2) is 14.4 Å². The normalized spacial score (nSPS) is 17.4. The summed E-state index contributed by atoms with van der Waals surface area (Å²) >= 11 is 6.76. The number of carbonyl (C=O) groups excluding carboxylic acids is 1. The number of nitrogens with zero attached hydrogens (tertiary/aromatic N) is 4. The number of aromatic nitrogens is 2. The minimum absolute atomic E-state index is 0.142. The van der Waals surface area contributed by atoms with E-state index in [4.69, 9.17) is 22.3 Å². The Balaban J connectivity index is 1.61. The van der Waals surface area contributed by atoms with Gasteiger partial charge in [0.2, 0.25) is 11.9 Å². The third-order valence-corrected chi connectivity index (χ3v) is 7.88. The first kappa shape index (κ1) is 23.1. The van der Waals surface area contributed by atoms with Crippen LogP contribution in [0.15, 0.2) is 48.5 Å². The van der Waals surface area contributed by atoms with E-state index in [9.17, 15) is 4.79 Å². The van der Waals surface area contributed by atoms with Crippen molar-refractivity contribution in [3.05, 3.63) is 65.1 Å². The number of nitrogens with one attached hydrogen (secondary N) is 1. The Kier molecular flexibility index (Phi) is 5.37. The summed E-state index contributed by atoms with van der Waals surface area (Å²) in [7, 11) is 4.05. The molecule has 0 saturated carbocycles. The fourth-order valence-electron chi connectivity index (χ4n) is 5.16. The minimum Gasteiger partial charge on any atom is -0.369 e. The van der Waals surface area contributed by atoms with Gasteiger partial charge < -0.3 is 20.9 Å². The highest BCUT2D eigenvalue weighted by Gasteiger charge is 2.48. The Hall–Kier alpha value is -3.33. The van der Waals surface area contributed by atoms with Crippen molar-refractivity contribution < 1.29 is 9.18 Å². The molecule has 3 aromatic carbocycles. The van der Waals surface area contributed by atoms with Gasteiger partial charge in [0.1, 0.15) is 10.9 Å². The molecule has 7 nitrogen and oxygen atoms in total. The molecular weight excluding hydrogens is 479 g/mol. The van der Waals surface area contributed by atoms with Crippen molar-refractivity contribution in [2.45, 2.75) is 11.5 Å². The molecule has 1 amide bonds. The van der Waals surface area contributed by atoms with E-state index in [1.165, 1.54) is 0 Å². The van der Waals surface area contributed by atoms with Crippen molar-refractivity contribution in [1.29, 1.82) is 0 Å². The second-order valence-electron chi connectivity index (χ2n) is 9.91. The zero-order chi connectivity index (χ0) is 25.2. The van der Waals surface area contributed by atoms with Gasteiger partial charge in [-0.15, -0.1) is 0 Å². The SMILES string of the molecule is CN(C)C1CN(c2nc(C3(C(N)=O)CNC3)c3cc(Cl)c(-c4cccc5ccccc45)c(F)c3n2)C1. The van der Waals surface area contributed by atoms with E-state index in [0.29, 0.717) is 54.8 Å². The van der Waals surface area contributed by atoms with Gasteiger partial charge in [0, 0.05) is 43.2 Å². The highest BCUT2D eigenvalue weighted by molar-refractivity contribution is 6.34. The lowest BCUT2D eigenvalue weighted by atomic mass is 9.76. The van der Waals surface area contributed by atoms with Crippen LogP contribution in [0, 0.1) is 5.82 Å². The molecule has 1 aromatic heterocycles. The first-order valence-corrected chi connectivity index (χ1v) is 12.3. The maximum Gasteiger partial charge on any atom is 0.232 e. The molecule has 3 N–H and O–H groups in total. The zero-order valence-electron chi connectivity index (χ0n) is 20.1. The smallest absolute Gasteiger partial charge is 0.232 e. The number of primary amides is 1. The number of halogens is 2. The third kappa shape index (κ3) is 3.36. The predicted octanol–water partition coefficient (Wildman–Crippen LogP) is 3.32. The highest BCUT2D eigenvalue weighted by Crippen LogP contribution is 2.42. The molecule has 6 rings (SSSR count). The average Bonchev–Trinajstić information content (AvgIpc) is 2.77.